The lowest BCUT2D eigenvalue weighted by Gasteiger charge is -2.32. The van der Waals surface area contributed by atoms with Crippen molar-refractivity contribution in [3.63, 3.8) is 0 Å². The molecule has 0 aliphatic carbocycles. The first-order valence-electron chi connectivity index (χ1n) is 9.67. The third kappa shape index (κ3) is 6.57. The van der Waals surface area contributed by atoms with Crippen LogP contribution in [0.5, 0.6) is 5.75 Å². The molecule has 3 N–H and O–H groups in total. The molecule has 2 atom stereocenters. The summed E-state index contributed by atoms with van der Waals surface area (Å²) in [5.41, 5.74) is 3.18. The van der Waals surface area contributed by atoms with Crippen LogP contribution in [0.2, 0.25) is 0 Å². The molecule has 1 aliphatic rings. The van der Waals surface area contributed by atoms with E-state index in [4.69, 9.17) is 4.74 Å². The number of hydrogen-bond acceptors (Lipinski definition) is 3. The minimum absolute atomic E-state index is 0. The predicted octanol–water partition coefficient (Wildman–Crippen LogP) is 4.29. The first-order valence-corrected chi connectivity index (χ1v) is 9.67. The number of rotatable bonds is 5. The maximum absolute atomic E-state index is 13.5. The van der Waals surface area contributed by atoms with Crippen LogP contribution in [-0.4, -0.2) is 31.3 Å². The molecule has 7 heteroatoms. The maximum Gasteiger partial charge on any atom is 0.191 e. The molecule has 2 aromatic carbocycles. The number of aliphatic imine (C=N–C) groups is 1. The molecule has 1 saturated heterocycles. The Hall–Kier alpha value is -1.87. The molecule has 2 aromatic rings. The molecule has 0 spiro atoms. The summed E-state index contributed by atoms with van der Waals surface area (Å²) in [4.78, 5) is 4.25. The average Bonchev–Trinajstić information content (AvgIpc) is 2.71. The molecular weight excluding hydrogens is 484 g/mol. The molecule has 1 fully saturated rings. The minimum Gasteiger partial charge on any atom is -0.505 e. The number of aryl methyl sites for hydroxylation is 1. The molecule has 5 nitrogen and oxygen atoms in total. The highest BCUT2D eigenvalue weighted by molar-refractivity contribution is 14.0. The highest BCUT2D eigenvalue weighted by Gasteiger charge is 2.27. The largest absolute Gasteiger partial charge is 0.505 e. The van der Waals surface area contributed by atoms with Crippen molar-refractivity contribution < 1.29 is 14.2 Å². The number of ether oxygens (including phenoxy) is 1. The molecule has 2 unspecified atom stereocenters. The van der Waals surface area contributed by atoms with Crippen molar-refractivity contribution in [2.75, 3.05) is 20.2 Å². The number of aromatic hydroxyl groups is 1. The van der Waals surface area contributed by atoms with Gasteiger partial charge in [-0.05, 0) is 43.0 Å². The van der Waals surface area contributed by atoms with E-state index in [9.17, 15) is 9.50 Å². The quantitative estimate of drug-likeness (QED) is 0.317. The highest BCUT2D eigenvalue weighted by atomic mass is 127. The van der Waals surface area contributed by atoms with Crippen LogP contribution >= 0.6 is 24.0 Å². The summed E-state index contributed by atoms with van der Waals surface area (Å²) in [5.74, 6) is 0.0380. The van der Waals surface area contributed by atoms with Crippen LogP contribution in [0.3, 0.4) is 0 Å². The van der Waals surface area contributed by atoms with E-state index >= 15 is 0 Å². The predicted molar refractivity (Wildman–Crippen MR) is 124 cm³/mol. The third-order valence-corrected chi connectivity index (χ3v) is 5.08. The van der Waals surface area contributed by atoms with Gasteiger partial charge in [-0.2, -0.15) is 0 Å². The number of nitrogens with zero attached hydrogens (tertiary/aromatic N) is 1. The molecule has 3 rings (SSSR count). The van der Waals surface area contributed by atoms with Gasteiger partial charge < -0.3 is 20.5 Å². The number of guanidine groups is 1. The Labute approximate surface area is 188 Å². The van der Waals surface area contributed by atoms with Crippen molar-refractivity contribution in [1.29, 1.82) is 0 Å². The number of phenols is 1. The molecule has 1 aliphatic heterocycles. The zero-order chi connectivity index (χ0) is 19.9. The average molecular weight is 513 g/mol. The number of benzene rings is 2. The fraction of sp³-hybridized carbons (Fsp3) is 0.409. The Morgan fingerprint density at radius 1 is 1.21 bits per heavy atom. The first-order chi connectivity index (χ1) is 13.6. The molecule has 0 amide bonds. The molecule has 0 aromatic heterocycles. The van der Waals surface area contributed by atoms with Gasteiger partial charge in [0, 0.05) is 32.7 Å². The van der Waals surface area contributed by atoms with Crippen LogP contribution in [0.4, 0.5) is 4.39 Å². The van der Waals surface area contributed by atoms with E-state index in [-0.39, 0.29) is 35.8 Å². The Balaban J connectivity index is 0.00000300. The lowest BCUT2D eigenvalue weighted by Crippen LogP contribution is -2.41. The van der Waals surface area contributed by atoms with Crippen molar-refractivity contribution in [2.45, 2.75) is 32.4 Å². The van der Waals surface area contributed by atoms with Crippen LogP contribution in [0.1, 0.15) is 35.6 Å². The summed E-state index contributed by atoms with van der Waals surface area (Å²) < 4.78 is 19.5. The smallest absolute Gasteiger partial charge is 0.191 e. The van der Waals surface area contributed by atoms with Gasteiger partial charge in [0.15, 0.2) is 17.5 Å². The summed E-state index contributed by atoms with van der Waals surface area (Å²) in [6, 6.07) is 12.9. The van der Waals surface area contributed by atoms with Gasteiger partial charge in [-0.15, -0.1) is 24.0 Å². The molecular formula is C22H29FIN3O2. The van der Waals surface area contributed by atoms with Gasteiger partial charge in [-0.3, -0.25) is 4.99 Å². The molecule has 1 heterocycles. The monoisotopic (exact) mass is 513 g/mol. The second-order valence-electron chi connectivity index (χ2n) is 7.20. The van der Waals surface area contributed by atoms with Crippen molar-refractivity contribution in [2.24, 2.45) is 10.9 Å². The van der Waals surface area contributed by atoms with Crippen LogP contribution in [0.15, 0.2) is 47.5 Å². The normalized spacial score (nSPS) is 19.3. The van der Waals surface area contributed by atoms with Gasteiger partial charge in [0.25, 0.3) is 0 Å². The Morgan fingerprint density at radius 2 is 1.97 bits per heavy atom. The summed E-state index contributed by atoms with van der Waals surface area (Å²) in [5, 5.41) is 15.8. The number of phenolic OH excluding ortho intramolecular Hbond substituents is 1. The molecule has 0 radical (unpaired) electrons. The zero-order valence-electron chi connectivity index (χ0n) is 16.8. The Kier molecular flexibility index (Phi) is 9.16. The van der Waals surface area contributed by atoms with Crippen molar-refractivity contribution in [1.82, 2.24) is 10.6 Å². The molecule has 29 heavy (non-hydrogen) atoms. The lowest BCUT2D eigenvalue weighted by atomic mass is 9.89. The maximum atomic E-state index is 13.5. The van der Waals surface area contributed by atoms with Crippen LogP contribution < -0.4 is 10.6 Å². The Bertz CT molecular complexity index is 814. The lowest BCUT2D eigenvalue weighted by molar-refractivity contribution is -0.0265. The first kappa shape index (κ1) is 23.4. The van der Waals surface area contributed by atoms with Crippen molar-refractivity contribution in [3.8, 4) is 5.75 Å². The highest BCUT2D eigenvalue weighted by Crippen LogP contribution is 2.33. The Morgan fingerprint density at radius 3 is 2.66 bits per heavy atom. The molecule has 0 saturated carbocycles. The fourth-order valence-corrected chi connectivity index (χ4v) is 3.47. The van der Waals surface area contributed by atoms with Crippen LogP contribution in [0, 0.1) is 18.7 Å². The summed E-state index contributed by atoms with van der Waals surface area (Å²) >= 11 is 0. The fourth-order valence-electron chi connectivity index (χ4n) is 3.47. The SMILES string of the molecule is CN=C(NCc1ccc(O)c(F)c1)NCC1CCCOC1c1ccc(C)cc1.I. The standard InChI is InChI=1S/C22H28FN3O2.HI/c1-15-5-8-17(9-6-15)21-18(4-3-11-28-21)14-26-22(24-2)25-13-16-7-10-20(27)19(23)12-16;/h5-10,12,18,21,27H,3-4,11,13-14H2,1-2H3,(H2,24,25,26);1H. The topological polar surface area (TPSA) is 65.9 Å². The number of hydrogen-bond donors (Lipinski definition) is 3. The summed E-state index contributed by atoms with van der Waals surface area (Å²) in [7, 11) is 1.71. The van der Waals surface area contributed by atoms with Gasteiger partial charge in [-0.25, -0.2) is 4.39 Å². The van der Waals surface area contributed by atoms with E-state index in [1.165, 1.54) is 23.3 Å². The molecule has 158 valence electrons. The van der Waals surface area contributed by atoms with E-state index in [0.717, 1.165) is 31.6 Å². The summed E-state index contributed by atoms with van der Waals surface area (Å²) in [6.07, 6.45) is 2.21. The second-order valence-corrected chi connectivity index (χ2v) is 7.20. The second kappa shape index (κ2) is 11.3. The van der Waals surface area contributed by atoms with Gasteiger partial charge in [0.2, 0.25) is 0 Å². The number of nitrogens with one attached hydrogen (secondary N) is 2. The van der Waals surface area contributed by atoms with Gasteiger partial charge in [0.1, 0.15) is 0 Å². The van der Waals surface area contributed by atoms with E-state index < -0.39 is 5.82 Å². The number of halogens is 2. The van der Waals surface area contributed by atoms with E-state index in [0.29, 0.717) is 18.4 Å². The van der Waals surface area contributed by atoms with E-state index in [1.54, 1.807) is 13.1 Å². The molecule has 0 bridgehead atoms. The van der Waals surface area contributed by atoms with Crippen LogP contribution in [0.25, 0.3) is 0 Å². The van der Waals surface area contributed by atoms with Gasteiger partial charge in [0.05, 0.1) is 6.10 Å². The van der Waals surface area contributed by atoms with Crippen LogP contribution in [-0.2, 0) is 11.3 Å². The van der Waals surface area contributed by atoms with E-state index in [1.807, 2.05) is 0 Å². The third-order valence-electron chi connectivity index (χ3n) is 5.08. The van der Waals surface area contributed by atoms with Gasteiger partial charge in [-0.1, -0.05) is 35.9 Å². The van der Waals surface area contributed by atoms with Crippen molar-refractivity contribution in [3.05, 3.63) is 65.0 Å². The van der Waals surface area contributed by atoms with Crippen molar-refractivity contribution >= 4 is 29.9 Å². The van der Waals surface area contributed by atoms with Gasteiger partial charge >= 0.3 is 0 Å². The zero-order valence-corrected chi connectivity index (χ0v) is 19.2. The minimum atomic E-state index is -0.623. The van der Waals surface area contributed by atoms with E-state index in [2.05, 4.69) is 46.8 Å². The summed E-state index contributed by atoms with van der Waals surface area (Å²) in [6.45, 7) is 4.02.